The van der Waals surface area contributed by atoms with Gasteiger partial charge in [-0.3, -0.25) is 23.4 Å². The molecular formula is C42H82NO10P. The molecule has 0 saturated carbocycles. The summed E-state index contributed by atoms with van der Waals surface area (Å²) in [6, 6.07) is -1.52. The van der Waals surface area contributed by atoms with Crippen LogP contribution < -0.4 is 5.73 Å². The van der Waals surface area contributed by atoms with Crippen molar-refractivity contribution in [2.24, 2.45) is 5.73 Å². The van der Waals surface area contributed by atoms with E-state index in [2.05, 4.69) is 18.4 Å². The molecular weight excluding hydrogens is 709 g/mol. The molecule has 0 aromatic heterocycles. The summed E-state index contributed by atoms with van der Waals surface area (Å²) in [6.07, 6.45) is 35.9. The zero-order valence-corrected chi connectivity index (χ0v) is 35.5. The van der Waals surface area contributed by atoms with Crippen LogP contribution in [0.2, 0.25) is 0 Å². The summed E-state index contributed by atoms with van der Waals surface area (Å²) < 4.78 is 32.7. The fourth-order valence-electron chi connectivity index (χ4n) is 6.36. The molecule has 0 aliphatic rings. The van der Waals surface area contributed by atoms with E-state index in [0.29, 0.717) is 12.8 Å². The van der Waals surface area contributed by atoms with Crippen molar-refractivity contribution in [1.82, 2.24) is 0 Å². The molecule has 0 heterocycles. The van der Waals surface area contributed by atoms with Crippen LogP contribution in [0.25, 0.3) is 0 Å². The zero-order valence-electron chi connectivity index (χ0n) is 34.6. The number of unbranched alkanes of at least 4 members (excludes halogenated alkanes) is 28. The van der Waals surface area contributed by atoms with Crippen LogP contribution in [0, 0.1) is 0 Å². The van der Waals surface area contributed by atoms with Gasteiger partial charge >= 0.3 is 25.7 Å². The number of carbonyl (C=O) groups excluding carboxylic acids is 2. The number of esters is 2. The minimum atomic E-state index is -4.71. The van der Waals surface area contributed by atoms with Crippen LogP contribution in [0.3, 0.4) is 0 Å². The topological polar surface area (TPSA) is 172 Å². The zero-order chi connectivity index (χ0) is 40.0. The summed E-state index contributed by atoms with van der Waals surface area (Å²) in [5, 5.41) is 8.88. The van der Waals surface area contributed by atoms with Gasteiger partial charge in [0.05, 0.1) is 13.2 Å². The van der Waals surface area contributed by atoms with E-state index in [0.717, 1.165) is 38.5 Å². The number of carbonyl (C=O) groups is 3. The molecule has 54 heavy (non-hydrogen) atoms. The van der Waals surface area contributed by atoms with Crippen molar-refractivity contribution in [3.05, 3.63) is 0 Å². The van der Waals surface area contributed by atoms with Gasteiger partial charge in [0.25, 0.3) is 0 Å². The molecule has 0 spiro atoms. The molecule has 11 nitrogen and oxygen atoms in total. The molecule has 0 radical (unpaired) electrons. The SMILES string of the molecule is CCCCCCCCCCCCCCCCCCCCC(=O)OC(COC(=O)CCCCCCCCCCCCCC)COP(=O)(O)OCC(N)C(=O)O. The van der Waals surface area contributed by atoms with Crippen molar-refractivity contribution in [2.75, 3.05) is 19.8 Å². The third kappa shape index (κ3) is 37.4. The Morgan fingerprint density at radius 3 is 1.17 bits per heavy atom. The number of rotatable bonds is 42. The normalized spacial score (nSPS) is 13.7. The molecule has 4 N–H and O–H groups in total. The number of aliphatic carboxylic acids is 1. The average Bonchev–Trinajstić information content (AvgIpc) is 3.14. The number of hydrogen-bond acceptors (Lipinski definition) is 9. The largest absolute Gasteiger partial charge is 0.480 e. The third-order valence-corrected chi connectivity index (χ3v) is 10.8. The van der Waals surface area contributed by atoms with Gasteiger partial charge in [-0.05, 0) is 12.8 Å². The number of phosphoric ester groups is 1. The van der Waals surface area contributed by atoms with Gasteiger partial charge in [-0.25, -0.2) is 4.57 Å². The fraction of sp³-hybridized carbons (Fsp3) is 0.929. The van der Waals surface area contributed by atoms with Gasteiger partial charge in [-0.15, -0.1) is 0 Å². The van der Waals surface area contributed by atoms with E-state index < -0.39 is 51.1 Å². The Morgan fingerprint density at radius 2 is 0.815 bits per heavy atom. The Hall–Kier alpha value is -1.52. The van der Waals surface area contributed by atoms with Gasteiger partial charge in [0, 0.05) is 12.8 Å². The lowest BCUT2D eigenvalue weighted by molar-refractivity contribution is -0.161. The van der Waals surface area contributed by atoms with Gasteiger partial charge in [-0.2, -0.15) is 0 Å². The second-order valence-electron chi connectivity index (χ2n) is 15.2. The van der Waals surface area contributed by atoms with E-state index in [1.165, 1.54) is 141 Å². The molecule has 320 valence electrons. The lowest BCUT2D eigenvalue weighted by Gasteiger charge is -2.20. The molecule has 3 unspecified atom stereocenters. The third-order valence-electron chi connectivity index (χ3n) is 9.86. The highest BCUT2D eigenvalue weighted by Gasteiger charge is 2.28. The first-order chi connectivity index (χ1) is 26.1. The Kier molecular flexibility index (Phi) is 37.3. The molecule has 0 bridgehead atoms. The molecule has 0 amide bonds. The quantitative estimate of drug-likeness (QED) is 0.0305. The monoisotopic (exact) mass is 792 g/mol. The lowest BCUT2D eigenvalue weighted by Crippen LogP contribution is -2.34. The van der Waals surface area contributed by atoms with Crippen molar-refractivity contribution in [2.45, 2.75) is 231 Å². The van der Waals surface area contributed by atoms with E-state index in [-0.39, 0.29) is 19.4 Å². The molecule has 3 atom stereocenters. The first kappa shape index (κ1) is 52.5. The summed E-state index contributed by atoms with van der Waals surface area (Å²) in [5.41, 5.74) is 5.33. The molecule has 0 aliphatic heterocycles. The van der Waals surface area contributed by atoms with E-state index in [1.807, 2.05) is 0 Å². The van der Waals surface area contributed by atoms with Gasteiger partial charge < -0.3 is 25.2 Å². The standard InChI is InChI=1S/C42H82NO10P/c1-3-5-7-9-11-13-15-17-18-19-20-21-22-24-26-28-30-32-34-41(45)53-38(36-51-54(48,49)52-37-39(43)42(46)47)35-50-40(44)33-31-29-27-25-23-16-14-12-10-8-6-4-2/h38-39H,3-37,43H2,1-2H3,(H,46,47)(H,48,49). The van der Waals surface area contributed by atoms with Crippen LogP contribution >= 0.6 is 7.82 Å². The first-order valence-electron chi connectivity index (χ1n) is 22.1. The second-order valence-corrected chi connectivity index (χ2v) is 16.7. The van der Waals surface area contributed by atoms with Crippen LogP contribution in [0.5, 0.6) is 0 Å². The number of carboxylic acid groups (broad SMARTS) is 1. The molecule has 0 fully saturated rings. The van der Waals surface area contributed by atoms with Crippen molar-refractivity contribution < 1.29 is 47.5 Å². The molecule has 0 aromatic rings. The highest BCUT2D eigenvalue weighted by molar-refractivity contribution is 7.47. The second kappa shape index (κ2) is 38.4. The number of carboxylic acids is 1. The van der Waals surface area contributed by atoms with Gasteiger partial charge in [0.1, 0.15) is 12.6 Å². The Morgan fingerprint density at radius 1 is 0.500 bits per heavy atom. The van der Waals surface area contributed by atoms with Crippen LogP contribution in [-0.4, -0.2) is 59.9 Å². The minimum absolute atomic E-state index is 0.169. The van der Waals surface area contributed by atoms with Gasteiger partial charge in [-0.1, -0.05) is 194 Å². The predicted octanol–water partition coefficient (Wildman–Crippen LogP) is 11.5. The van der Waals surface area contributed by atoms with Crippen LogP contribution in [0.15, 0.2) is 0 Å². The van der Waals surface area contributed by atoms with Gasteiger partial charge in [0.15, 0.2) is 6.10 Å². The van der Waals surface area contributed by atoms with Crippen molar-refractivity contribution in [3.63, 3.8) is 0 Å². The summed E-state index contributed by atoms with van der Waals surface area (Å²) in [6.45, 7) is 2.83. The summed E-state index contributed by atoms with van der Waals surface area (Å²) in [7, 11) is -4.71. The maximum Gasteiger partial charge on any atom is 0.472 e. The van der Waals surface area contributed by atoms with Crippen molar-refractivity contribution in [3.8, 4) is 0 Å². The maximum atomic E-state index is 12.6. The number of hydrogen-bond donors (Lipinski definition) is 3. The van der Waals surface area contributed by atoms with E-state index in [9.17, 15) is 23.8 Å². The molecule has 0 rings (SSSR count). The number of phosphoric acid groups is 1. The number of nitrogens with two attached hydrogens (primary N) is 1. The van der Waals surface area contributed by atoms with E-state index in [1.54, 1.807) is 0 Å². The summed E-state index contributed by atoms with van der Waals surface area (Å²) in [5.74, 6) is -2.36. The van der Waals surface area contributed by atoms with Crippen LogP contribution in [0.1, 0.15) is 219 Å². The predicted molar refractivity (Wildman–Crippen MR) is 217 cm³/mol. The maximum absolute atomic E-state index is 12.6. The van der Waals surface area contributed by atoms with Crippen molar-refractivity contribution in [1.29, 1.82) is 0 Å². The average molecular weight is 792 g/mol. The minimum Gasteiger partial charge on any atom is -0.480 e. The number of ether oxygens (including phenoxy) is 2. The first-order valence-corrected chi connectivity index (χ1v) is 23.6. The molecule has 12 heteroatoms. The van der Waals surface area contributed by atoms with Crippen LogP contribution in [0.4, 0.5) is 0 Å². The van der Waals surface area contributed by atoms with Gasteiger partial charge in [0.2, 0.25) is 0 Å². The lowest BCUT2D eigenvalue weighted by atomic mass is 10.0. The highest BCUT2D eigenvalue weighted by Crippen LogP contribution is 2.43. The fourth-order valence-corrected chi connectivity index (χ4v) is 7.14. The van der Waals surface area contributed by atoms with Crippen molar-refractivity contribution >= 4 is 25.7 Å². The smallest absolute Gasteiger partial charge is 0.472 e. The van der Waals surface area contributed by atoms with E-state index >= 15 is 0 Å². The molecule has 0 aliphatic carbocycles. The van der Waals surface area contributed by atoms with Crippen LogP contribution in [-0.2, 0) is 37.5 Å². The molecule has 0 saturated heterocycles. The van der Waals surface area contributed by atoms with E-state index in [4.69, 9.17) is 24.8 Å². The summed E-state index contributed by atoms with van der Waals surface area (Å²) in [4.78, 5) is 45.9. The highest BCUT2D eigenvalue weighted by atomic mass is 31.2. The summed E-state index contributed by atoms with van der Waals surface area (Å²) >= 11 is 0. The Bertz CT molecular complexity index is 937. The Balaban J connectivity index is 4.29. The molecule has 0 aromatic carbocycles. The Labute approximate surface area is 329 Å².